The van der Waals surface area contributed by atoms with E-state index in [1.54, 1.807) is 12.3 Å². The second-order valence-electron chi connectivity index (χ2n) is 4.05. The van der Waals surface area contributed by atoms with Crippen LogP contribution in [0.2, 0.25) is 0 Å². The number of thioether (sulfide) groups is 1. The Hall–Kier alpha value is -1.46. The van der Waals surface area contributed by atoms with E-state index in [9.17, 15) is 8.78 Å². The quantitative estimate of drug-likeness (QED) is 0.850. The molecule has 1 atom stereocenters. The Labute approximate surface area is 115 Å². The van der Waals surface area contributed by atoms with Gasteiger partial charge in [-0.25, -0.2) is 8.78 Å². The maximum absolute atomic E-state index is 13.1. The second kappa shape index (κ2) is 6.63. The Morgan fingerprint density at radius 1 is 1.21 bits per heavy atom. The first-order chi connectivity index (χ1) is 9.19. The molecule has 0 bridgehead atoms. The van der Waals surface area contributed by atoms with Crippen LogP contribution in [0.5, 0.6) is 0 Å². The van der Waals surface area contributed by atoms with E-state index in [0.717, 1.165) is 10.5 Å². The van der Waals surface area contributed by atoms with E-state index in [0.29, 0.717) is 5.75 Å². The predicted octanol–water partition coefficient (Wildman–Crippen LogP) is 3.41. The monoisotopic (exact) mass is 280 g/mol. The zero-order chi connectivity index (χ0) is 13.7. The first kappa shape index (κ1) is 14.0. The summed E-state index contributed by atoms with van der Waals surface area (Å²) < 4.78 is 26.2. The largest absolute Gasteiger partial charge is 0.312 e. The van der Waals surface area contributed by atoms with Crippen molar-refractivity contribution in [3.05, 3.63) is 59.9 Å². The number of rotatable bonds is 5. The summed E-state index contributed by atoms with van der Waals surface area (Å²) in [6, 6.07) is 7.86. The smallest absolute Gasteiger partial charge is 0.141 e. The average Bonchev–Trinajstić information content (AvgIpc) is 2.40. The zero-order valence-electron chi connectivity index (χ0n) is 10.4. The molecule has 1 aromatic carbocycles. The second-order valence-corrected chi connectivity index (χ2v) is 5.14. The summed E-state index contributed by atoms with van der Waals surface area (Å²) in [4.78, 5) is 4.69. The van der Waals surface area contributed by atoms with Crippen LogP contribution < -0.4 is 5.32 Å². The van der Waals surface area contributed by atoms with Crippen LogP contribution in [0.15, 0.2) is 47.6 Å². The molecular weight excluding hydrogens is 266 g/mol. The van der Waals surface area contributed by atoms with Gasteiger partial charge in [-0.05, 0) is 36.9 Å². The van der Waals surface area contributed by atoms with Crippen molar-refractivity contribution in [3.8, 4) is 0 Å². The molecule has 100 valence electrons. The van der Waals surface area contributed by atoms with Crippen LogP contribution in [-0.2, 0) is 0 Å². The minimum atomic E-state index is -0.353. The maximum atomic E-state index is 13.1. The lowest BCUT2D eigenvalue weighted by atomic mass is 10.1. The van der Waals surface area contributed by atoms with Crippen LogP contribution in [-0.4, -0.2) is 17.8 Å². The van der Waals surface area contributed by atoms with E-state index in [1.165, 1.54) is 36.2 Å². The Morgan fingerprint density at radius 2 is 2.05 bits per heavy atom. The molecule has 1 N–H and O–H groups in total. The van der Waals surface area contributed by atoms with E-state index in [2.05, 4.69) is 10.3 Å². The molecule has 0 radical (unpaired) electrons. The lowest BCUT2D eigenvalue weighted by molar-refractivity contribution is 0.603. The van der Waals surface area contributed by atoms with E-state index in [1.807, 2.05) is 13.1 Å². The van der Waals surface area contributed by atoms with E-state index in [4.69, 9.17) is 0 Å². The van der Waals surface area contributed by atoms with Gasteiger partial charge in [0.15, 0.2) is 0 Å². The molecule has 2 nitrogen and oxygen atoms in total. The highest BCUT2D eigenvalue weighted by atomic mass is 32.2. The van der Waals surface area contributed by atoms with Crippen LogP contribution >= 0.6 is 11.8 Å². The van der Waals surface area contributed by atoms with E-state index < -0.39 is 0 Å². The Balaban J connectivity index is 2.04. The van der Waals surface area contributed by atoms with Gasteiger partial charge in [0.2, 0.25) is 0 Å². The van der Waals surface area contributed by atoms with E-state index in [-0.39, 0.29) is 17.7 Å². The maximum Gasteiger partial charge on any atom is 0.141 e. The minimum absolute atomic E-state index is 0.0310. The molecule has 1 unspecified atom stereocenters. The number of nitrogens with zero attached hydrogens (tertiary/aromatic N) is 1. The highest BCUT2D eigenvalue weighted by Crippen LogP contribution is 2.25. The molecule has 19 heavy (non-hydrogen) atoms. The fourth-order valence-electron chi connectivity index (χ4n) is 1.70. The molecular formula is C14H14F2N2S. The molecule has 0 aliphatic heterocycles. The molecule has 2 aromatic rings. The predicted molar refractivity (Wildman–Crippen MR) is 73.1 cm³/mol. The van der Waals surface area contributed by atoms with Gasteiger partial charge in [-0.2, -0.15) is 0 Å². The van der Waals surface area contributed by atoms with Gasteiger partial charge in [0.05, 0.1) is 6.20 Å². The number of nitrogens with one attached hydrogen (secondary N) is 1. The normalized spacial score (nSPS) is 12.4. The first-order valence-electron chi connectivity index (χ1n) is 5.85. The third-order valence-electron chi connectivity index (χ3n) is 2.69. The molecule has 0 aliphatic rings. The van der Waals surface area contributed by atoms with Crippen molar-refractivity contribution >= 4 is 11.8 Å². The molecule has 1 heterocycles. The first-order valence-corrected chi connectivity index (χ1v) is 6.83. The highest BCUT2D eigenvalue weighted by molar-refractivity contribution is 7.99. The minimum Gasteiger partial charge on any atom is -0.312 e. The van der Waals surface area contributed by atoms with Crippen molar-refractivity contribution < 1.29 is 8.78 Å². The summed E-state index contributed by atoms with van der Waals surface area (Å²) in [7, 11) is 1.81. The van der Waals surface area contributed by atoms with Crippen molar-refractivity contribution in [2.24, 2.45) is 0 Å². The van der Waals surface area contributed by atoms with Crippen molar-refractivity contribution in [1.29, 1.82) is 0 Å². The SMILES string of the molecule is CNC(CSc1cccc(F)c1)c1cncc(F)c1. The Morgan fingerprint density at radius 3 is 2.74 bits per heavy atom. The van der Waals surface area contributed by atoms with Gasteiger partial charge in [0, 0.05) is 22.9 Å². The number of halogens is 2. The highest BCUT2D eigenvalue weighted by Gasteiger charge is 2.11. The van der Waals surface area contributed by atoms with Gasteiger partial charge in [-0.3, -0.25) is 4.98 Å². The summed E-state index contributed by atoms with van der Waals surface area (Å²) >= 11 is 1.52. The van der Waals surface area contributed by atoms with Crippen LogP contribution in [0.3, 0.4) is 0 Å². The lowest BCUT2D eigenvalue weighted by Gasteiger charge is -2.15. The van der Waals surface area contributed by atoms with Gasteiger partial charge in [-0.15, -0.1) is 11.8 Å². The van der Waals surface area contributed by atoms with Gasteiger partial charge < -0.3 is 5.32 Å². The summed E-state index contributed by atoms with van der Waals surface area (Å²) in [6.07, 6.45) is 2.81. The van der Waals surface area contributed by atoms with Crippen LogP contribution in [0.1, 0.15) is 11.6 Å². The van der Waals surface area contributed by atoms with Crippen molar-refractivity contribution in [1.82, 2.24) is 10.3 Å². The number of hydrogen-bond donors (Lipinski definition) is 1. The summed E-state index contributed by atoms with van der Waals surface area (Å²) in [5, 5.41) is 3.11. The summed E-state index contributed by atoms with van der Waals surface area (Å²) in [5.41, 5.74) is 0.784. The fourth-order valence-corrected chi connectivity index (χ4v) is 2.79. The third-order valence-corrected chi connectivity index (χ3v) is 3.78. The third kappa shape index (κ3) is 4.01. The molecule has 0 fully saturated rings. The molecule has 0 aliphatic carbocycles. The van der Waals surface area contributed by atoms with Gasteiger partial charge in [0.1, 0.15) is 11.6 Å². The van der Waals surface area contributed by atoms with Gasteiger partial charge in [-0.1, -0.05) is 6.07 Å². The molecule has 1 aromatic heterocycles. The average molecular weight is 280 g/mol. The molecule has 5 heteroatoms. The fraction of sp³-hybridized carbons (Fsp3) is 0.214. The van der Waals surface area contributed by atoms with Gasteiger partial charge >= 0.3 is 0 Å². The molecule has 0 saturated carbocycles. The van der Waals surface area contributed by atoms with Crippen LogP contribution in [0, 0.1) is 11.6 Å². The molecule has 0 saturated heterocycles. The zero-order valence-corrected chi connectivity index (χ0v) is 11.3. The number of benzene rings is 1. The van der Waals surface area contributed by atoms with Crippen molar-refractivity contribution in [2.45, 2.75) is 10.9 Å². The molecule has 2 rings (SSSR count). The van der Waals surface area contributed by atoms with Crippen LogP contribution in [0.4, 0.5) is 8.78 Å². The summed E-state index contributed by atoms with van der Waals surface area (Å²) in [6.45, 7) is 0. The summed E-state index contributed by atoms with van der Waals surface area (Å²) in [5.74, 6) is 0.0670. The Kier molecular flexibility index (Phi) is 4.87. The number of hydrogen-bond acceptors (Lipinski definition) is 3. The van der Waals surface area contributed by atoms with Crippen molar-refractivity contribution in [3.63, 3.8) is 0 Å². The molecule has 0 spiro atoms. The number of aromatic nitrogens is 1. The van der Waals surface area contributed by atoms with Crippen LogP contribution in [0.25, 0.3) is 0 Å². The topological polar surface area (TPSA) is 24.9 Å². The lowest BCUT2D eigenvalue weighted by Crippen LogP contribution is -2.19. The van der Waals surface area contributed by atoms with E-state index >= 15 is 0 Å². The van der Waals surface area contributed by atoms with Gasteiger partial charge in [0.25, 0.3) is 0 Å². The molecule has 0 amide bonds. The number of pyridine rings is 1. The van der Waals surface area contributed by atoms with Crippen molar-refractivity contribution in [2.75, 3.05) is 12.8 Å². The standard InChI is InChI=1S/C14H14F2N2S/c1-17-14(10-5-12(16)8-18-7-10)9-19-13-4-2-3-11(15)6-13/h2-8,14,17H,9H2,1H3. The Bertz CT molecular complexity index is 548.